The zero-order valence-corrected chi connectivity index (χ0v) is 9.33. The minimum atomic E-state index is 0.472. The Morgan fingerprint density at radius 1 is 0.778 bits per heavy atom. The number of hydrogen-bond acceptors (Lipinski definition) is 4. The largest absolute Gasteiger partial charge is 0.388 e. The first-order valence-corrected chi connectivity index (χ1v) is 5.16. The minimum absolute atomic E-state index is 0.472. The molecule has 0 aromatic heterocycles. The lowest BCUT2D eigenvalue weighted by atomic mass is 10.0. The minimum Gasteiger partial charge on any atom is -0.388 e. The molecular formula is C14H8N2O2. The third-order valence-electron chi connectivity index (χ3n) is 2.37. The maximum Gasteiger partial charge on any atom is 0.292 e. The normalized spacial score (nSPS) is 9.00. The van der Waals surface area contributed by atoms with E-state index in [1.807, 2.05) is 12.1 Å². The SMILES string of the molecule is N#COc1ccc(-c2ccccc2OC#N)cc1. The van der Waals surface area contributed by atoms with E-state index in [4.69, 9.17) is 20.0 Å². The summed E-state index contributed by atoms with van der Waals surface area (Å²) in [7, 11) is 0. The van der Waals surface area contributed by atoms with Crippen LogP contribution in [0.4, 0.5) is 0 Å². The summed E-state index contributed by atoms with van der Waals surface area (Å²) in [5.74, 6) is 0.967. The summed E-state index contributed by atoms with van der Waals surface area (Å²) in [6.07, 6.45) is 3.27. The van der Waals surface area contributed by atoms with Gasteiger partial charge in [-0.3, -0.25) is 0 Å². The van der Waals surface area contributed by atoms with Crippen LogP contribution >= 0.6 is 0 Å². The number of benzene rings is 2. The van der Waals surface area contributed by atoms with Gasteiger partial charge in [-0.2, -0.15) is 0 Å². The van der Waals surface area contributed by atoms with Gasteiger partial charge in [0.25, 0.3) is 12.5 Å². The van der Waals surface area contributed by atoms with Crippen molar-refractivity contribution in [2.45, 2.75) is 0 Å². The fraction of sp³-hybridized carbons (Fsp3) is 0. The third kappa shape index (κ3) is 2.40. The summed E-state index contributed by atoms with van der Waals surface area (Å²) in [6, 6.07) is 14.2. The molecule has 0 saturated heterocycles. The number of ether oxygens (including phenoxy) is 2. The van der Waals surface area contributed by atoms with Crippen molar-refractivity contribution in [2.75, 3.05) is 0 Å². The first kappa shape index (κ1) is 11.5. The van der Waals surface area contributed by atoms with Gasteiger partial charge in [-0.05, 0) is 23.8 Å². The summed E-state index contributed by atoms with van der Waals surface area (Å²) < 4.78 is 9.59. The van der Waals surface area contributed by atoms with Crippen LogP contribution in [0.1, 0.15) is 0 Å². The van der Waals surface area contributed by atoms with Crippen molar-refractivity contribution in [3.63, 3.8) is 0 Å². The van der Waals surface area contributed by atoms with E-state index in [2.05, 4.69) is 0 Å². The quantitative estimate of drug-likeness (QED) is 0.768. The smallest absolute Gasteiger partial charge is 0.292 e. The van der Waals surface area contributed by atoms with E-state index in [1.165, 1.54) is 0 Å². The van der Waals surface area contributed by atoms with Crippen LogP contribution in [0.25, 0.3) is 11.1 Å². The topological polar surface area (TPSA) is 66.0 Å². The van der Waals surface area contributed by atoms with Gasteiger partial charge < -0.3 is 9.47 Å². The second kappa shape index (κ2) is 5.38. The average Bonchev–Trinajstić information content (AvgIpc) is 2.41. The van der Waals surface area contributed by atoms with E-state index < -0.39 is 0 Å². The maximum atomic E-state index is 8.58. The lowest BCUT2D eigenvalue weighted by Crippen LogP contribution is -1.87. The zero-order chi connectivity index (χ0) is 12.8. The molecule has 0 aliphatic rings. The fourth-order valence-electron chi connectivity index (χ4n) is 1.60. The second-order valence-corrected chi connectivity index (χ2v) is 3.41. The molecule has 0 amide bonds. The molecule has 2 rings (SSSR count). The van der Waals surface area contributed by atoms with Crippen molar-refractivity contribution >= 4 is 0 Å². The van der Waals surface area contributed by atoms with Crippen LogP contribution in [0, 0.1) is 23.0 Å². The molecule has 0 unspecified atom stereocenters. The van der Waals surface area contributed by atoms with Crippen LogP contribution in [0.15, 0.2) is 48.5 Å². The van der Waals surface area contributed by atoms with Crippen molar-refractivity contribution in [2.24, 2.45) is 0 Å². The number of nitrogens with zero attached hydrogens (tertiary/aromatic N) is 2. The van der Waals surface area contributed by atoms with Gasteiger partial charge in [0.05, 0.1) is 0 Å². The Kier molecular flexibility index (Phi) is 3.44. The van der Waals surface area contributed by atoms with Gasteiger partial charge in [0, 0.05) is 5.56 Å². The molecule has 0 heterocycles. The van der Waals surface area contributed by atoms with Gasteiger partial charge in [0.15, 0.2) is 0 Å². The van der Waals surface area contributed by atoms with Crippen LogP contribution in [-0.2, 0) is 0 Å². The predicted molar refractivity (Wildman–Crippen MR) is 64.4 cm³/mol. The van der Waals surface area contributed by atoms with E-state index in [0.29, 0.717) is 11.5 Å². The highest BCUT2D eigenvalue weighted by atomic mass is 16.5. The molecule has 2 aromatic rings. The summed E-state index contributed by atoms with van der Waals surface area (Å²) in [5, 5.41) is 17.0. The van der Waals surface area contributed by atoms with E-state index in [0.717, 1.165) is 11.1 Å². The van der Waals surface area contributed by atoms with Crippen LogP contribution in [0.2, 0.25) is 0 Å². The van der Waals surface area contributed by atoms with Crippen LogP contribution in [-0.4, -0.2) is 0 Å². The first-order chi connectivity index (χ1) is 8.85. The molecular weight excluding hydrogens is 228 g/mol. The number of hydrogen-bond donors (Lipinski definition) is 0. The second-order valence-electron chi connectivity index (χ2n) is 3.41. The number of para-hydroxylation sites is 1. The fourth-order valence-corrected chi connectivity index (χ4v) is 1.60. The standard InChI is InChI=1S/C14H8N2O2/c15-9-17-12-7-5-11(6-8-12)13-3-1-2-4-14(13)18-10-16/h1-8H. The molecule has 4 heteroatoms. The molecule has 86 valence electrons. The summed E-state index contributed by atoms with van der Waals surface area (Å²) in [6.45, 7) is 0. The Labute approximate surface area is 104 Å². The van der Waals surface area contributed by atoms with Crippen molar-refractivity contribution in [1.82, 2.24) is 0 Å². The number of nitriles is 2. The zero-order valence-electron chi connectivity index (χ0n) is 9.33. The summed E-state index contributed by atoms with van der Waals surface area (Å²) >= 11 is 0. The van der Waals surface area contributed by atoms with Crippen molar-refractivity contribution in [3.05, 3.63) is 48.5 Å². The summed E-state index contributed by atoms with van der Waals surface area (Å²) in [5.41, 5.74) is 1.69. The molecule has 0 aliphatic carbocycles. The molecule has 0 N–H and O–H groups in total. The van der Waals surface area contributed by atoms with Gasteiger partial charge >= 0.3 is 0 Å². The Bertz CT molecular complexity index is 621. The van der Waals surface area contributed by atoms with Gasteiger partial charge in [-0.15, -0.1) is 10.5 Å². The van der Waals surface area contributed by atoms with E-state index >= 15 is 0 Å². The van der Waals surface area contributed by atoms with Crippen LogP contribution < -0.4 is 9.47 Å². The molecule has 0 spiro atoms. The summed E-state index contributed by atoms with van der Waals surface area (Å²) in [4.78, 5) is 0. The highest BCUT2D eigenvalue weighted by Gasteiger charge is 2.06. The van der Waals surface area contributed by atoms with E-state index in [1.54, 1.807) is 48.9 Å². The average molecular weight is 236 g/mol. The Balaban J connectivity index is 2.37. The van der Waals surface area contributed by atoms with Gasteiger partial charge in [0.1, 0.15) is 11.5 Å². The Morgan fingerprint density at radius 2 is 1.44 bits per heavy atom. The van der Waals surface area contributed by atoms with Crippen molar-refractivity contribution < 1.29 is 9.47 Å². The lowest BCUT2D eigenvalue weighted by molar-refractivity contribution is 0.506. The maximum absolute atomic E-state index is 8.58. The molecule has 0 radical (unpaired) electrons. The number of rotatable bonds is 3. The van der Waals surface area contributed by atoms with E-state index in [9.17, 15) is 0 Å². The lowest BCUT2D eigenvalue weighted by Gasteiger charge is -2.06. The molecule has 0 atom stereocenters. The Morgan fingerprint density at radius 3 is 2.11 bits per heavy atom. The predicted octanol–water partition coefficient (Wildman–Crippen LogP) is 3.07. The van der Waals surface area contributed by atoms with Crippen molar-refractivity contribution in [1.29, 1.82) is 10.5 Å². The molecule has 0 bridgehead atoms. The molecule has 0 fully saturated rings. The Hall–Kier alpha value is -2.98. The van der Waals surface area contributed by atoms with Crippen LogP contribution in [0.5, 0.6) is 11.5 Å². The van der Waals surface area contributed by atoms with Crippen molar-refractivity contribution in [3.8, 4) is 35.1 Å². The highest BCUT2D eigenvalue weighted by Crippen LogP contribution is 2.30. The van der Waals surface area contributed by atoms with Crippen LogP contribution in [0.3, 0.4) is 0 Å². The van der Waals surface area contributed by atoms with E-state index in [-0.39, 0.29) is 0 Å². The molecule has 2 aromatic carbocycles. The molecule has 4 nitrogen and oxygen atoms in total. The molecule has 0 aliphatic heterocycles. The molecule has 0 saturated carbocycles. The van der Waals surface area contributed by atoms with Gasteiger partial charge in [0.2, 0.25) is 0 Å². The van der Waals surface area contributed by atoms with Gasteiger partial charge in [-0.1, -0.05) is 30.3 Å². The first-order valence-electron chi connectivity index (χ1n) is 5.16. The monoisotopic (exact) mass is 236 g/mol. The third-order valence-corrected chi connectivity index (χ3v) is 2.37. The highest BCUT2D eigenvalue weighted by molar-refractivity contribution is 5.71. The van der Waals surface area contributed by atoms with Gasteiger partial charge in [-0.25, -0.2) is 0 Å². The molecule has 18 heavy (non-hydrogen) atoms.